The van der Waals surface area contributed by atoms with Gasteiger partial charge in [-0.2, -0.15) is 0 Å². The van der Waals surface area contributed by atoms with Crippen molar-refractivity contribution in [1.29, 1.82) is 0 Å². The van der Waals surface area contributed by atoms with Crippen LogP contribution in [0.1, 0.15) is 45.2 Å². The van der Waals surface area contributed by atoms with Gasteiger partial charge in [-0.25, -0.2) is 4.79 Å². The summed E-state index contributed by atoms with van der Waals surface area (Å²) < 4.78 is 5.19. The van der Waals surface area contributed by atoms with Crippen LogP contribution in [0.4, 0.5) is 10.5 Å². The number of carboxylic acids is 1. The second kappa shape index (κ2) is 7.47. The summed E-state index contributed by atoms with van der Waals surface area (Å²) in [5.74, 6) is -0.925. The summed E-state index contributed by atoms with van der Waals surface area (Å²) >= 11 is 5.94. The van der Waals surface area contributed by atoms with Crippen molar-refractivity contribution in [3.05, 3.63) is 28.8 Å². The van der Waals surface area contributed by atoms with Crippen molar-refractivity contribution >= 4 is 29.4 Å². The minimum Gasteiger partial charge on any atom is -0.481 e. The van der Waals surface area contributed by atoms with E-state index in [1.54, 1.807) is 39.0 Å². The Morgan fingerprint density at radius 3 is 2.59 bits per heavy atom. The number of halogens is 1. The van der Waals surface area contributed by atoms with Gasteiger partial charge in [0, 0.05) is 17.5 Å². The molecule has 0 fully saturated rings. The van der Waals surface area contributed by atoms with Crippen LogP contribution in [0.15, 0.2) is 18.2 Å². The van der Waals surface area contributed by atoms with Crippen LogP contribution >= 0.6 is 11.6 Å². The van der Waals surface area contributed by atoms with E-state index in [0.717, 1.165) is 0 Å². The van der Waals surface area contributed by atoms with Crippen LogP contribution in [0.25, 0.3) is 0 Å². The molecule has 1 unspecified atom stereocenters. The van der Waals surface area contributed by atoms with E-state index in [-0.39, 0.29) is 12.8 Å². The van der Waals surface area contributed by atoms with Gasteiger partial charge in [-0.15, -0.1) is 0 Å². The lowest BCUT2D eigenvalue weighted by atomic mass is 10.0. The number of ether oxygens (including phenoxy) is 1. The molecule has 0 aromatic heterocycles. The van der Waals surface area contributed by atoms with Crippen molar-refractivity contribution in [1.82, 2.24) is 0 Å². The Morgan fingerprint density at radius 1 is 1.41 bits per heavy atom. The standard InChI is InChI=1S/C15H21ClN2O4/c1-15(2,3)22-14(21)18-12-8-9(16)4-5-10(12)11(17)6-7-13(19)20/h4-5,8,11H,6-7,17H2,1-3H3,(H,18,21)(H,19,20). The highest BCUT2D eigenvalue weighted by Gasteiger charge is 2.19. The molecule has 0 radical (unpaired) electrons. The van der Waals surface area contributed by atoms with Crippen molar-refractivity contribution in [2.75, 3.05) is 5.32 Å². The third kappa shape index (κ3) is 6.32. The molecule has 7 heteroatoms. The molecule has 1 aromatic rings. The number of nitrogens with one attached hydrogen (secondary N) is 1. The van der Waals surface area contributed by atoms with Crippen LogP contribution in [-0.4, -0.2) is 22.8 Å². The van der Waals surface area contributed by atoms with E-state index in [1.165, 1.54) is 0 Å². The Labute approximate surface area is 134 Å². The molecule has 0 bridgehead atoms. The number of nitrogens with two attached hydrogens (primary N) is 1. The molecule has 0 saturated carbocycles. The van der Waals surface area contributed by atoms with Gasteiger partial charge in [0.15, 0.2) is 0 Å². The van der Waals surface area contributed by atoms with Crippen molar-refractivity contribution in [2.24, 2.45) is 5.73 Å². The monoisotopic (exact) mass is 328 g/mol. The van der Waals surface area contributed by atoms with Crippen LogP contribution in [-0.2, 0) is 9.53 Å². The van der Waals surface area contributed by atoms with Gasteiger partial charge in [0.1, 0.15) is 5.60 Å². The Morgan fingerprint density at radius 2 is 2.05 bits per heavy atom. The minimum atomic E-state index is -0.925. The first kappa shape index (κ1) is 18.3. The molecule has 1 aromatic carbocycles. The zero-order valence-electron chi connectivity index (χ0n) is 12.9. The fourth-order valence-corrected chi connectivity index (χ4v) is 1.98. The molecule has 1 amide bonds. The quantitative estimate of drug-likeness (QED) is 0.767. The number of anilines is 1. The molecular weight excluding hydrogens is 308 g/mol. The lowest BCUT2D eigenvalue weighted by molar-refractivity contribution is -0.137. The van der Waals surface area contributed by atoms with E-state index in [1.807, 2.05) is 0 Å². The summed E-state index contributed by atoms with van der Waals surface area (Å²) in [6, 6.07) is 4.33. The molecule has 1 atom stereocenters. The largest absolute Gasteiger partial charge is 0.481 e. The first-order valence-electron chi connectivity index (χ1n) is 6.85. The lowest BCUT2D eigenvalue weighted by Crippen LogP contribution is -2.28. The lowest BCUT2D eigenvalue weighted by Gasteiger charge is -2.21. The molecule has 0 heterocycles. The maximum atomic E-state index is 11.9. The predicted octanol–water partition coefficient (Wildman–Crippen LogP) is 3.55. The maximum Gasteiger partial charge on any atom is 0.412 e. The summed E-state index contributed by atoms with van der Waals surface area (Å²) in [5, 5.41) is 11.8. The number of carbonyl (C=O) groups excluding carboxylic acids is 1. The van der Waals surface area contributed by atoms with Crippen molar-refractivity contribution in [3.8, 4) is 0 Å². The number of carbonyl (C=O) groups is 2. The van der Waals surface area contributed by atoms with Crippen LogP contribution < -0.4 is 11.1 Å². The van der Waals surface area contributed by atoms with Gasteiger partial charge in [-0.1, -0.05) is 17.7 Å². The summed E-state index contributed by atoms with van der Waals surface area (Å²) in [6.45, 7) is 5.26. The molecule has 1 rings (SSSR count). The van der Waals surface area contributed by atoms with E-state index in [4.69, 9.17) is 27.2 Å². The van der Waals surface area contributed by atoms with Crippen molar-refractivity contribution in [2.45, 2.75) is 45.3 Å². The molecule has 0 saturated heterocycles. The number of hydrogen-bond donors (Lipinski definition) is 3. The molecule has 6 nitrogen and oxygen atoms in total. The van der Waals surface area contributed by atoms with Crippen LogP contribution in [0, 0.1) is 0 Å². The highest BCUT2D eigenvalue weighted by molar-refractivity contribution is 6.31. The average molecular weight is 329 g/mol. The van der Waals surface area contributed by atoms with Gasteiger partial charge < -0.3 is 15.6 Å². The van der Waals surface area contributed by atoms with E-state index in [9.17, 15) is 9.59 Å². The number of aliphatic carboxylic acids is 1. The van der Waals surface area contributed by atoms with Crippen LogP contribution in [0.5, 0.6) is 0 Å². The molecule has 122 valence electrons. The number of carboxylic acid groups (broad SMARTS) is 1. The molecular formula is C15H21ClN2O4. The second-order valence-electron chi connectivity index (χ2n) is 5.90. The summed E-state index contributed by atoms with van der Waals surface area (Å²) in [5.41, 5.74) is 6.39. The molecule has 0 spiro atoms. The topological polar surface area (TPSA) is 102 Å². The van der Waals surface area contributed by atoms with Crippen LogP contribution in [0.2, 0.25) is 5.02 Å². The Hall–Kier alpha value is -1.79. The smallest absolute Gasteiger partial charge is 0.412 e. The van der Waals surface area contributed by atoms with Gasteiger partial charge in [-0.05, 0) is 44.9 Å². The zero-order valence-corrected chi connectivity index (χ0v) is 13.6. The number of benzene rings is 1. The fraction of sp³-hybridized carbons (Fsp3) is 0.467. The summed E-state index contributed by atoms with van der Waals surface area (Å²) in [7, 11) is 0. The fourth-order valence-electron chi connectivity index (χ4n) is 1.81. The Bertz CT molecular complexity index is 555. The normalized spacial score (nSPS) is 12.6. The van der Waals surface area contributed by atoms with Crippen molar-refractivity contribution < 1.29 is 19.4 Å². The van der Waals surface area contributed by atoms with Gasteiger partial charge in [0.2, 0.25) is 0 Å². The van der Waals surface area contributed by atoms with Gasteiger partial charge in [0.25, 0.3) is 0 Å². The SMILES string of the molecule is CC(C)(C)OC(=O)Nc1cc(Cl)ccc1C(N)CCC(=O)O. The molecule has 0 aliphatic rings. The first-order chi connectivity index (χ1) is 10.1. The predicted molar refractivity (Wildman–Crippen MR) is 85.1 cm³/mol. The van der Waals surface area contributed by atoms with Crippen LogP contribution in [0.3, 0.4) is 0 Å². The molecule has 0 aliphatic heterocycles. The second-order valence-corrected chi connectivity index (χ2v) is 6.33. The molecule has 22 heavy (non-hydrogen) atoms. The van der Waals surface area contributed by atoms with E-state index < -0.39 is 23.7 Å². The highest BCUT2D eigenvalue weighted by atomic mass is 35.5. The van der Waals surface area contributed by atoms with E-state index in [0.29, 0.717) is 16.3 Å². The number of amides is 1. The van der Waals surface area contributed by atoms with E-state index in [2.05, 4.69) is 5.32 Å². The van der Waals surface area contributed by atoms with Crippen molar-refractivity contribution in [3.63, 3.8) is 0 Å². The minimum absolute atomic E-state index is 0.0599. The van der Waals surface area contributed by atoms with E-state index >= 15 is 0 Å². The number of rotatable bonds is 5. The number of hydrogen-bond acceptors (Lipinski definition) is 4. The summed E-state index contributed by atoms with van der Waals surface area (Å²) in [6.07, 6.45) is -0.434. The molecule has 4 N–H and O–H groups in total. The third-order valence-corrected chi connectivity index (χ3v) is 2.95. The zero-order chi connectivity index (χ0) is 16.9. The van der Waals surface area contributed by atoms with Gasteiger partial charge >= 0.3 is 12.1 Å². The molecule has 0 aliphatic carbocycles. The Balaban J connectivity index is 2.90. The third-order valence-electron chi connectivity index (χ3n) is 2.72. The summed E-state index contributed by atoms with van der Waals surface area (Å²) in [4.78, 5) is 22.5. The Kier molecular flexibility index (Phi) is 6.20. The van der Waals surface area contributed by atoms with Gasteiger partial charge in [0.05, 0.1) is 5.69 Å². The average Bonchev–Trinajstić information content (AvgIpc) is 2.33. The van der Waals surface area contributed by atoms with Gasteiger partial charge in [-0.3, -0.25) is 10.1 Å². The maximum absolute atomic E-state index is 11.9. The highest BCUT2D eigenvalue weighted by Crippen LogP contribution is 2.28. The first-order valence-corrected chi connectivity index (χ1v) is 7.23.